The van der Waals surface area contributed by atoms with E-state index >= 15 is 0 Å². The zero-order valence-electron chi connectivity index (χ0n) is 8.39. The van der Waals surface area contributed by atoms with Crippen molar-refractivity contribution in [3.05, 3.63) is 4.91 Å². The molecule has 0 saturated heterocycles. The lowest BCUT2D eigenvalue weighted by Gasteiger charge is -2.04. The average molecular weight is 221 g/mol. The van der Waals surface area contributed by atoms with Crippen molar-refractivity contribution in [1.82, 2.24) is 0 Å². The Bertz CT molecular complexity index is 175. The molecule has 7 nitrogen and oxygen atoms in total. The van der Waals surface area contributed by atoms with E-state index in [0.29, 0.717) is 26.4 Å². The third-order valence-corrected chi connectivity index (χ3v) is 1.30. The van der Waals surface area contributed by atoms with Crippen molar-refractivity contribution in [2.45, 2.75) is 0 Å². The number of ether oxygens (including phenoxy) is 3. The van der Waals surface area contributed by atoms with Gasteiger partial charge in [-0.3, -0.25) is 0 Å². The fraction of sp³-hybridized carbons (Fsp3) is 0.875. The monoisotopic (exact) mass is 221 g/mol. The summed E-state index contributed by atoms with van der Waals surface area (Å²) in [6, 6.07) is 0. The fourth-order valence-corrected chi connectivity index (χ4v) is 0.701. The molecule has 0 unspecified atom stereocenters. The highest BCUT2D eigenvalue weighted by Crippen LogP contribution is 1.81. The first kappa shape index (κ1) is 13.9. The second-order valence-electron chi connectivity index (χ2n) is 2.52. The maximum Gasteiger partial charge on any atom is 0.329 e. The predicted octanol–water partition coefficient (Wildman–Crippen LogP) is -0.113. The van der Waals surface area contributed by atoms with Gasteiger partial charge in [-0.25, -0.2) is 4.79 Å². The van der Waals surface area contributed by atoms with Gasteiger partial charge in [0.1, 0.15) is 13.2 Å². The zero-order valence-corrected chi connectivity index (χ0v) is 8.39. The summed E-state index contributed by atoms with van der Waals surface area (Å²) in [5.41, 5.74) is 0. The standard InChI is InChI=1S/C8H15NO6/c10-8(11)7-15-6-5-14-4-3-13-2-1-9-12/h1-7H2,(H,10,11). The van der Waals surface area contributed by atoms with Crippen LogP contribution in [0.4, 0.5) is 0 Å². The minimum Gasteiger partial charge on any atom is -0.480 e. The van der Waals surface area contributed by atoms with Gasteiger partial charge >= 0.3 is 5.97 Å². The molecule has 0 aliphatic rings. The molecule has 15 heavy (non-hydrogen) atoms. The topological polar surface area (TPSA) is 94.4 Å². The van der Waals surface area contributed by atoms with Crippen LogP contribution in [0, 0.1) is 4.91 Å². The summed E-state index contributed by atoms with van der Waals surface area (Å²) in [5, 5.41) is 10.8. The second kappa shape index (κ2) is 11.0. The van der Waals surface area contributed by atoms with E-state index in [2.05, 4.69) is 5.18 Å². The van der Waals surface area contributed by atoms with E-state index in [-0.39, 0.29) is 19.8 Å². The summed E-state index contributed by atoms with van der Waals surface area (Å²) < 4.78 is 14.7. The molecule has 0 aromatic rings. The van der Waals surface area contributed by atoms with Crippen LogP contribution in [0.2, 0.25) is 0 Å². The molecule has 0 rings (SSSR count). The quantitative estimate of drug-likeness (QED) is 0.386. The molecule has 0 atom stereocenters. The summed E-state index contributed by atoms with van der Waals surface area (Å²) in [5.74, 6) is -1.00. The maximum absolute atomic E-state index is 10.0. The van der Waals surface area contributed by atoms with Crippen LogP contribution >= 0.6 is 0 Å². The molecule has 0 radical (unpaired) electrons. The van der Waals surface area contributed by atoms with Gasteiger partial charge < -0.3 is 19.3 Å². The van der Waals surface area contributed by atoms with Gasteiger partial charge in [0, 0.05) is 0 Å². The van der Waals surface area contributed by atoms with E-state index in [0.717, 1.165) is 0 Å². The van der Waals surface area contributed by atoms with Crippen molar-refractivity contribution < 1.29 is 24.1 Å². The number of nitroso groups, excluding NO2 is 1. The third kappa shape index (κ3) is 12.9. The van der Waals surface area contributed by atoms with Crippen molar-refractivity contribution in [2.24, 2.45) is 5.18 Å². The molecule has 0 bridgehead atoms. The maximum atomic E-state index is 10.0. The average Bonchev–Trinajstić information content (AvgIpc) is 2.20. The van der Waals surface area contributed by atoms with E-state index in [1.165, 1.54) is 0 Å². The van der Waals surface area contributed by atoms with Crippen molar-refractivity contribution in [3.63, 3.8) is 0 Å². The lowest BCUT2D eigenvalue weighted by Crippen LogP contribution is -2.13. The van der Waals surface area contributed by atoms with Crippen molar-refractivity contribution in [3.8, 4) is 0 Å². The van der Waals surface area contributed by atoms with Gasteiger partial charge in [-0.15, -0.1) is 0 Å². The van der Waals surface area contributed by atoms with Crippen LogP contribution in [0.25, 0.3) is 0 Å². The second-order valence-corrected chi connectivity index (χ2v) is 2.52. The first-order valence-electron chi connectivity index (χ1n) is 4.51. The number of aliphatic carboxylic acids is 1. The first-order valence-corrected chi connectivity index (χ1v) is 4.51. The molecular weight excluding hydrogens is 206 g/mol. The Morgan fingerprint density at radius 2 is 1.53 bits per heavy atom. The summed E-state index contributed by atoms with van der Waals surface area (Å²) in [6.45, 7) is 1.45. The van der Waals surface area contributed by atoms with Crippen LogP contribution in [-0.4, -0.2) is 57.3 Å². The SMILES string of the molecule is O=NCCOCCOCCOCC(=O)O. The summed E-state index contributed by atoms with van der Waals surface area (Å²) >= 11 is 0. The molecule has 1 N–H and O–H groups in total. The number of rotatable bonds is 11. The first-order chi connectivity index (χ1) is 7.27. The molecule has 0 fully saturated rings. The van der Waals surface area contributed by atoms with E-state index in [1.807, 2.05) is 0 Å². The zero-order chi connectivity index (χ0) is 11.4. The van der Waals surface area contributed by atoms with Crippen LogP contribution in [-0.2, 0) is 19.0 Å². The summed E-state index contributed by atoms with van der Waals surface area (Å²) in [4.78, 5) is 19.7. The summed E-state index contributed by atoms with van der Waals surface area (Å²) in [6.07, 6.45) is 0. The van der Waals surface area contributed by atoms with E-state index in [1.54, 1.807) is 0 Å². The van der Waals surface area contributed by atoms with E-state index in [9.17, 15) is 9.70 Å². The molecule has 0 aromatic carbocycles. The Labute approximate surface area is 87.3 Å². The smallest absolute Gasteiger partial charge is 0.329 e. The Hall–Kier alpha value is -1.05. The highest BCUT2D eigenvalue weighted by Gasteiger charge is 1.95. The highest BCUT2D eigenvalue weighted by molar-refractivity contribution is 5.67. The Morgan fingerprint density at radius 1 is 1.00 bits per heavy atom. The number of nitrogens with zero attached hydrogens (tertiary/aromatic N) is 1. The van der Waals surface area contributed by atoms with Gasteiger partial charge in [0.2, 0.25) is 0 Å². The van der Waals surface area contributed by atoms with Gasteiger partial charge in [-0.05, 0) is 0 Å². The molecule has 0 aliphatic carbocycles. The predicted molar refractivity (Wildman–Crippen MR) is 50.8 cm³/mol. The van der Waals surface area contributed by atoms with E-state index < -0.39 is 5.97 Å². The van der Waals surface area contributed by atoms with Crippen LogP contribution in [0.1, 0.15) is 0 Å². The normalized spacial score (nSPS) is 10.1. The number of carbonyl (C=O) groups is 1. The fourth-order valence-electron chi connectivity index (χ4n) is 0.701. The number of carboxylic acid groups (broad SMARTS) is 1. The minimum absolute atomic E-state index is 0.141. The Balaban J connectivity index is 2.92. The number of carboxylic acids is 1. The van der Waals surface area contributed by atoms with E-state index in [4.69, 9.17) is 19.3 Å². The van der Waals surface area contributed by atoms with Crippen LogP contribution in [0.5, 0.6) is 0 Å². The van der Waals surface area contributed by atoms with Crippen molar-refractivity contribution in [2.75, 3.05) is 46.2 Å². The Morgan fingerprint density at radius 3 is 2.07 bits per heavy atom. The molecule has 88 valence electrons. The van der Waals surface area contributed by atoms with Crippen molar-refractivity contribution >= 4 is 5.97 Å². The number of hydrogen-bond acceptors (Lipinski definition) is 6. The lowest BCUT2D eigenvalue weighted by molar-refractivity contribution is -0.142. The molecule has 7 heteroatoms. The molecular formula is C8H15NO6. The largest absolute Gasteiger partial charge is 0.480 e. The molecule has 0 heterocycles. The van der Waals surface area contributed by atoms with Crippen molar-refractivity contribution in [1.29, 1.82) is 0 Å². The van der Waals surface area contributed by atoms with Gasteiger partial charge in [0.05, 0.1) is 33.0 Å². The molecule has 0 aliphatic heterocycles. The van der Waals surface area contributed by atoms with Gasteiger partial charge in [0.25, 0.3) is 0 Å². The van der Waals surface area contributed by atoms with Crippen LogP contribution in [0.3, 0.4) is 0 Å². The molecule has 0 amide bonds. The van der Waals surface area contributed by atoms with Gasteiger partial charge in [-0.2, -0.15) is 4.91 Å². The number of hydrogen-bond donors (Lipinski definition) is 1. The molecule has 0 spiro atoms. The summed E-state index contributed by atoms with van der Waals surface area (Å²) in [7, 11) is 0. The highest BCUT2D eigenvalue weighted by atomic mass is 16.5. The molecule has 0 saturated carbocycles. The lowest BCUT2D eigenvalue weighted by atomic mass is 10.7. The third-order valence-electron chi connectivity index (χ3n) is 1.30. The molecule has 0 aromatic heterocycles. The van der Waals surface area contributed by atoms with Crippen LogP contribution in [0.15, 0.2) is 5.18 Å². The van der Waals surface area contributed by atoms with Gasteiger partial charge in [0.15, 0.2) is 0 Å². The Kier molecular flexibility index (Phi) is 10.3. The minimum atomic E-state index is -1.00. The van der Waals surface area contributed by atoms with Crippen LogP contribution < -0.4 is 0 Å². The van der Waals surface area contributed by atoms with Gasteiger partial charge in [-0.1, -0.05) is 5.18 Å².